The molecule has 1 aromatic heterocycles. The number of aryl methyl sites for hydroxylation is 1. The molecular weight excluding hydrogens is 336 g/mol. The summed E-state index contributed by atoms with van der Waals surface area (Å²) in [5.41, 5.74) is 3.25. The summed E-state index contributed by atoms with van der Waals surface area (Å²) < 4.78 is 11.6. The first-order valence-corrected chi connectivity index (χ1v) is 9.68. The van der Waals surface area contributed by atoms with Gasteiger partial charge in [0.2, 0.25) is 0 Å². The lowest BCUT2D eigenvalue weighted by Gasteiger charge is -2.16. The minimum Gasteiger partial charge on any atom is -0.493 e. The fraction of sp³-hybridized carbons (Fsp3) is 0.550. The number of pyridine rings is 1. The van der Waals surface area contributed by atoms with Gasteiger partial charge in [0, 0.05) is 23.7 Å². The van der Waals surface area contributed by atoms with Crippen molar-refractivity contribution in [3.05, 3.63) is 28.4 Å². The zero-order valence-electron chi connectivity index (χ0n) is 14.8. The Morgan fingerprint density at radius 1 is 1.12 bits per heavy atom. The van der Waals surface area contributed by atoms with Crippen LogP contribution in [0.1, 0.15) is 36.9 Å². The van der Waals surface area contributed by atoms with E-state index in [1.807, 2.05) is 12.1 Å². The highest BCUT2D eigenvalue weighted by Gasteiger charge is 2.20. The molecule has 4 nitrogen and oxygen atoms in total. The van der Waals surface area contributed by atoms with E-state index in [2.05, 4.69) is 4.90 Å². The lowest BCUT2D eigenvalue weighted by atomic mass is 10.1. The Bertz CT molecular complexity index is 772. The van der Waals surface area contributed by atoms with Crippen molar-refractivity contribution in [3.63, 3.8) is 0 Å². The van der Waals surface area contributed by atoms with Gasteiger partial charge in [0.05, 0.1) is 24.3 Å². The number of aromatic nitrogens is 1. The molecule has 25 heavy (non-hydrogen) atoms. The fourth-order valence-electron chi connectivity index (χ4n) is 3.96. The first-order chi connectivity index (χ1) is 12.3. The van der Waals surface area contributed by atoms with Gasteiger partial charge in [0.1, 0.15) is 0 Å². The number of ether oxygens (including phenoxy) is 2. The molecule has 2 aliphatic rings. The molecule has 4 rings (SSSR count). The molecule has 0 radical (unpaired) electrons. The van der Waals surface area contributed by atoms with Gasteiger partial charge in [-0.05, 0) is 63.2 Å². The number of halogens is 1. The summed E-state index contributed by atoms with van der Waals surface area (Å²) in [6.07, 6.45) is 6.86. The second kappa shape index (κ2) is 7.38. The van der Waals surface area contributed by atoms with Gasteiger partial charge in [0.15, 0.2) is 11.5 Å². The van der Waals surface area contributed by atoms with Crippen molar-refractivity contribution >= 4 is 22.5 Å². The van der Waals surface area contributed by atoms with Crippen LogP contribution in [0.5, 0.6) is 11.5 Å². The summed E-state index contributed by atoms with van der Waals surface area (Å²) >= 11 is 6.63. The van der Waals surface area contributed by atoms with Gasteiger partial charge < -0.3 is 14.4 Å². The summed E-state index contributed by atoms with van der Waals surface area (Å²) in [6, 6.07) is 3.95. The topological polar surface area (TPSA) is 34.6 Å². The molecule has 2 heterocycles. The Balaban J connectivity index is 1.52. The molecule has 0 bridgehead atoms. The lowest BCUT2D eigenvalue weighted by Crippen LogP contribution is -2.21. The first-order valence-electron chi connectivity index (χ1n) is 9.30. The number of hydrogen-bond acceptors (Lipinski definition) is 4. The van der Waals surface area contributed by atoms with E-state index in [1.165, 1.54) is 31.5 Å². The standard InChI is InChI=1S/C20H25ClN2O2/c1-24-18-12-15-17(22-16-7-4-6-14(16)20(15)21)13-19(18)25-11-5-10-23-8-2-3-9-23/h12-13H,2-11H2,1H3. The number of methoxy groups -OCH3 is 1. The van der Waals surface area contributed by atoms with E-state index in [1.54, 1.807) is 7.11 Å². The normalized spacial score (nSPS) is 17.2. The molecule has 1 aliphatic heterocycles. The van der Waals surface area contributed by atoms with Crippen LogP contribution in [0.15, 0.2) is 12.1 Å². The maximum absolute atomic E-state index is 6.63. The molecule has 1 saturated heterocycles. The summed E-state index contributed by atoms with van der Waals surface area (Å²) in [5, 5.41) is 1.79. The van der Waals surface area contributed by atoms with Gasteiger partial charge in [-0.2, -0.15) is 0 Å². The van der Waals surface area contributed by atoms with E-state index < -0.39 is 0 Å². The second-order valence-corrected chi connectivity index (χ2v) is 7.35. The average Bonchev–Trinajstić information content (AvgIpc) is 3.30. The lowest BCUT2D eigenvalue weighted by molar-refractivity contribution is 0.254. The molecule has 0 unspecified atom stereocenters. The van der Waals surface area contributed by atoms with Crippen LogP contribution in [-0.2, 0) is 12.8 Å². The Kier molecular flexibility index (Phi) is 5.00. The zero-order chi connectivity index (χ0) is 17.2. The van der Waals surface area contributed by atoms with Gasteiger partial charge in [-0.15, -0.1) is 0 Å². The Hall–Kier alpha value is -1.52. The van der Waals surface area contributed by atoms with Crippen LogP contribution in [0.4, 0.5) is 0 Å². The van der Waals surface area contributed by atoms with E-state index in [4.69, 9.17) is 26.1 Å². The van der Waals surface area contributed by atoms with Crippen LogP contribution in [0, 0.1) is 0 Å². The molecule has 134 valence electrons. The minimum absolute atomic E-state index is 0.692. The molecule has 2 aromatic rings. The molecule has 1 fully saturated rings. The molecule has 5 heteroatoms. The molecule has 0 amide bonds. The van der Waals surface area contributed by atoms with Gasteiger partial charge in [-0.1, -0.05) is 11.6 Å². The van der Waals surface area contributed by atoms with Crippen LogP contribution in [0.3, 0.4) is 0 Å². The van der Waals surface area contributed by atoms with Crippen molar-refractivity contribution in [1.82, 2.24) is 9.88 Å². The molecule has 0 N–H and O–H groups in total. The highest BCUT2D eigenvalue weighted by molar-refractivity contribution is 6.36. The number of nitrogens with zero attached hydrogens (tertiary/aromatic N) is 2. The van der Waals surface area contributed by atoms with Crippen LogP contribution < -0.4 is 9.47 Å². The van der Waals surface area contributed by atoms with Crippen molar-refractivity contribution in [2.75, 3.05) is 33.4 Å². The monoisotopic (exact) mass is 360 g/mol. The van der Waals surface area contributed by atoms with Crippen molar-refractivity contribution in [2.24, 2.45) is 0 Å². The zero-order valence-corrected chi connectivity index (χ0v) is 15.6. The minimum atomic E-state index is 0.692. The number of likely N-dealkylation sites (tertiary alicyclic amines) is 1. The second-order valence-electron chi connectivity index (χ2n) is 6.98. The largest absolute Gasteiger partial charge is 0.493 e. The van der Waals surface area contributed by atoms with Gasteiger partial charge in [0.25, 0.3) is 0 Å². The molecule has 0 spiro atoms. The number of fused-ring (bicyclic) bond motifs is 2. The summed E-state index contributed by atoms with van der Waals surface area (Å²) in [4.78, 5) is 7.32. The van der Waals surface area contributed by atoms with E-state index in [0.29, 0.717) is 6.61 Å². The maximum atomic E-state index is 6.63. The summed E-state index contributed by atoms with van der Waals surface area (Å²) in [6.45, 7) is 4.25. The Morgan fingerprint density at radius 3 is 2.76 bits per heavy atom. The number of rotatable bonds is 6. The maximum Gasteiger partial charge on any atom is 0.163 e. The van der Waals surface area contributed by atoms with Crippen LogP contribution in [0.2, 0.25) is 5.02 Å². The van der Waals surface area contributed by atoms with E-state index in [9.17, 15) is 0 Å². The van der Waals surface area contributed by atoms with Gasteiger partial charge in [-0.3, -0.25) is 4.98 Å². The van der Waals surface area contributed by atoms with Gasteiger partial charge >= 0.3 is 0 Å². The first kappa shape index (κ1) is 16.9. The highest BCUT2D eigenvalue weighted by atomic mass is 35.5. The van der Waals surface area contributed by atoms with Crippen molar-refractivity contribution in [1.29, 1.82) is 0 Å². The Morgan fingerprint density at radius 2 is 1.96 bits per heavy atom. The third kappa shape index (κ3) is 3.42. The van der Waals surface area contributed by atoms with Crippen molar-refractivity contribution in [2.45, 2.75) is 38.5 Å². The van der Waals surface area contributed by atoms with Gasteiger partial charge in [-0.25, -0.2) is 0 Å². The molecule has 1 aromatic carbocycles. The quantitative estimate of drug-likeness (QED) is 0.721. The SMILES string of the molecule is COc1cc2c(Cl)c3c(nc2cc1OCCCN1CCCC1)CCC3. The molecule has 0 saturated carbocycles. The van der Waals surface area contributed by atoms with E-state index >= 15 is 0 Å². The fourth-order valence-corrected chi connectivity index (χ4v) is 4.32. The predicted molar refractivity (Wildman–Crippen MR) is 101 cm³/mol. The van der Waals surface area contributed by atoms with Crippen LogP contribution in [-0.4, -0.2) is 43.2 Å². The third-order valence-corrected chi connectivity index (χ3v) is 5.73. The number of hydrogen-bond donors (Lipinski definition) is 0. The van der Waals surface area contributed by atoms with Crippen molar-refractivity contribution < 1.29 is 9.47 Å². The molecular formula is C20H25ClN2O2. The summed E-state index contributed by atoms with van der Waals surface area (Å²) in [7, 11) is 1.67. The van der Waals surface area contributed by atoms with Crippen molar-refractivity contribution in [3.8, 4) is 11.5 Å². The van der Waals surface area contributed by atoms with Crippen LogP contribution in [0.25, 0.3) is 10.9 Å². The van der Waals surface area contributed by atoms with E-state index in [-0.39, 0.29) is 0 Å². The third-order valence-electron chi connectivity index (χ3n) is 5.30. The number of benzene rings is 1. The molecule has 0 atom stereocenters. The smallest absolute Gasteiger partial charge is 0.163 e. The predicted octanol–water partition coefficient (Wildman–Crippen LogP) is 4.25. The molecule has 1 aliphatic carbocycles. The van der Waals surface area contributed by atoms with E-state index in [0.717, 1.165) is 65.3 Å². The highest BCUT2D eigenvalue weighted by Crippen LogP contribution is 2.39. The summed E-state index contributed by atoms with van der Waals surface area (Å²) in [5.74, 6) is 1.49. The van der Waals surface area contributed by atoms with Crippen LogP contribution >= 0.6 is 11.6 Å². The average molecular weight is 361 g/mol. The Labute approximate surface area is 154 Å².